The minimum absolute atomic E-state index is 0.475. The van der Waals surface area contributed by atoms with Gasteiger partial charge in [0.05, 0.1) is 10.3 Å². The Labute approximate surface area is 102 Å². The third-order valence-electron chi connectivity index (χ3n) is 2.22. The topological polar surface area (TPSA) is 17.8 Å². The monoisotopic (exact) mass is 284 g/mol. The highest BCUT2D eigenvalue weighted by Gasteiger charge is 2.08. The van der Waals surface area contributed by atoms with Gasteiger partial charge in [0.25, 0.3) is 0 Å². The first-order valence-corrected chi connectivity index (χ1v) is 6.53. The second-order valence-corrected chi connectivity index (χ2v) is 6.32. The Bertz CT molecular complexity index is 445. The van der Waals surface area contributed by atoms with E-state index in [0.29, 0.717) is 5.92 Å². The summed E-state index contributed by atoms with van der Waals surface area (Å²) in [5.41, 5.74) is 0. The highest BCUT2D eigenvalue weighted by molar-refractivity contribution is 9.11. The SMILES string of the molecule is CC(C)c1nccn1Cc1ccc(Br)s1. The molecule has 0 aliphatic carbocycles. The van der Waals surface area contributed by atoms with E-state index in [9.17, 15) is 0 Å². The smallest absolute Gasteiger partial charge is 0.111 e. The van der Waals surface area contributed by atoms with Gasteiger partial charge in [0.1, 0.15) is 5.82 Å². The normalized spacial score (nSPS) is 11.2. The second-order valence-electron chi connectivity index (χ2n) is 3.77. The van der Waals surface area contributed by atoms with Gasteiger partial charge in [-0.3, -0.25) is 0 Å². The van der Waals surface area contributed by atoms with Gasteiger partial charge in [0, 0.05) is 23.2 Å². The minimum Gasteiger partial charge on any atom is -0.329 e. The van der Waals surface area contributed by atoms with Gasteiger partial charge in [-0.1, -0.05) is 13.8 Å². The molecule has 15 heavy (non-hydrogen) atoms. The maximum atomic E-state index is 4.37. The van der Waals surface area contributed by atoms with Crippen LogP contribution in [0.5, 0.6) is 0 Å². The Hall–Kier alpha value is -0.610. The lowest BCUT2D eigenvalue weighted by Crippen LogP contribution is -2.04. The van der Waals surface area contributed by atoms with Crippen molar-refractivity contribution in [1.29, 1.82) is 0 Å². The first-order valence-electron chi connectivity index (χ1n) is 4.92. The Kier molecular flexibility index (Phi) is 3.26. The zero-order valence-electron chi connectivity index (χ0n) is 8.77. The van der Waals surface area contributed by atoms with Gasteiger partial charge in [-0.2, -0.15) is 0 Å². The van der Waals surface area contributed by atoms with Crippen molar-refractivity contribution >= 4 is 27.3 Å². The zero-order valence-corrected chi connectivity index (χ0v) is 11.2. The number of nitrogens with zero attached hydrogens (tertiary/aromatic N) is 2. The molecule has 0 atom stereocenters. The molecule has 0 saturated heterocycles. The highest BCUT2D eigenvalue weighted by atomic mass is 79.9. The molecule has 2 aromatic rings. The van der Waals surface area contributed by atoms with Crippen LogP contribution in [0.15, 0.2) is 28.3 Å². The molecule has 2 aromatic heterocycles. The Morgan fingerprint density at radius 2 is 2.27 bits per heavy atom. The lowest BCUT2D eigenvalue weighted by atomic mass is 10.2. The standard InChI is InChI=1S/C11H13BrN2S/c1-8(2)11-13-5-6-14(11)7-9-3-4-10(12)15-9/h3-6,8H,7H2,1-2H3. The van der Waals surface area contributed by atoms with Crippen molar-refractivity contribution in [2.75, 3.05) is 0 Å². The summed E-state index contributed by atoms with van der Waals surface area (Å²) in [6.07, 6.45) is 3.92. The zero-order chi connectivity index (χ0) is 10.8. The average Bonchev–Trinajstić information content (AvgIpc) is 2.75. The van der Waals surface area contributed by atoms with E-state index in [4.69, 9.17) is 0 Å². The van der Waals surface area contributed by atoms with E-state index in [-0.39, 0.29) is 0 Å². The molecule has 2 rings (SSSR count). The summed E-state index contributed by atoms with van der Waals surface area (Å²) in [5, 5.41) is 0. The molecule has 0 aliphatic rings. The third-order valence-corrected chi connectivity index (χ3v) is 3.83. The third kappa shape index (κ3) is 2.49. The van der Waals surface area contributed by atoms with Gasteiger partial charge in [0.15, 0.2) is 0 Å². The van der Waals surface area contributed by atoms with Crippen LogP contribution in [0.3, 0.4) is 0 Å². The van der Waals surface area contributed by atoms with Gasteiger partial charge in [0.2, 0.25) is 0 Å². The van der Waals surface area contributed by atoms with Crippen molar-refractivity contribution in [1.82, 2.24) is 9.55 Å². The summed E-state index contributed by atoms with van der Waals surface area (Å²) in [6.45, 7) is 5.26. The second kappa shape index (κ2) is 4.49. The summed E-state index contributed by atoms with van der Waals surface area (Å²) >= 11 is 5.25. The number of rotatable bonds is 3. The molecular formula is C11H13BrN2S. The van der Waals surface area contributed by atoms with Crippen molar-refractivity contribution < 1.29 is 0 Å². The highest BCUT2D eigenvalue weighted by Crippen LogP contribution is 2.23. The average molecular weight is 285 g/mol. The summed E-state index contributed by atoms with van der Waals surface area (Å²) in [5.74, 6) is 1.63. The molecule has 2 nitrogen and oxygen atoms in total. The van der Waals surface area contributed by atoms with Crippen LogP contribution < -0.4 is 0 Å². The van der Waals surface area contributed by atoms with Gasteiger partial charge >= 0.3 is 0 Å². The Morgan fingerprint density at radius 3 is 2.87 bits per heavy atom. The first-order chi connectivity index (χ1) is 7.16. The van der Waals surface area contributed by atoms with E-state index < -0.39 is 0 Å². The van der Waals surface area contributed by atoms with Gasteiger partial charge < -0.3 is 4.57 Å². The van der Waals surface area contributed by atoms with E-state index in [1.807, 2.05) is 12.4 Å². The van der Waals surface area contributed by atoms with E-state index in [1.54, 1.807) is 11.3 Å². The van der Waals surface area contributed by atoms with E-state index in [2.05, 4.69) is 51.5 Å². The molecule has 0 aromatic carbocycles. The molecule has 0 radical (unpaired) electrons. The van der Waals surface area contributed by atoms with Crippen molar-refractivity contribution in [3.8, 4) is 0 Å². The molecule has 0 aliphatic heterocycles. The molecule has 0 amide bonds. The van der Waals surface area contributed by atoms with Gasteiger partial charge in [-0.15, -0.1) is 11.3 Å². The van der Waals surface area contributed by atoms with E-state index >= 15 is 0 Å². The molecule has 0 unspecified atom stereocenters. The van der Waals surface area contributed by atoms with Crippen LogP contribution in [0.1, 0.15) is 30.5 Å². The maximum Gasteiger partial charge on any atom is 0.111 e. The maximum absolute atomic E-state index is 4.37. The van der Waals surface area contributed by atoms with Crippen LogP contribution in [0.2, 0.25) is 0 Å². The van der Waals surface area contributed by atoms with Crippen LogP contribution in [0.25, 0.3) is 0 Å². The van der Waals surface area contributed by atoms with E-state index in [0.717, 1.165) is 12.4 Å². The van der Waals surface area contributed by atoms with Crippen LogP contribution in [-0.4, -0.2) is 9.55 Å². The molecule has 0 fully saturated rings. The molecule has 4 heteroatoms. The van der Waals surface area contributed by atoms with Crippen molar-refractivity contribution in [3.63, 3.8) is 0 Å². The summed E-state index contributed by atoms with van der Waals surface area (Å²) in [4.78, 5) is 5.72. The molecule has 0 bridgehead atoms. The van der Waals surface area contributed by atoms with Crippen molar-refractivity contribution in [2.24, 2.45) is 0 Å². The molecule has 0 spiro atoms. The number of thiophene rings is 1. The largest absolute Gasteiger partial charge is 0.329 e. The predicted octanol–water partition coefficient (Wildman–Crippen LogP) is 3.88. The Morgan fingerprint density at radius 1 is 1.47 bits per heavy atom. The lowest BCUT2D eigenvalue weighted by Gasteiger charge is -2.08. The van der Waals surface area contributed by atoms with Crippen molar-refractivity contribution in [3.05, 3.63) is 39.0 Å². The van der Waals surface area contributed by atoms with Crippen LogP contribution >= 0.6 is 27.3 Å². The predicted molar refractivity (Wildman–Crippen MR) is 67.4 cm³/mol. The van der Waals surface area contributed by atoms with Gasteiger partial charge in [-0.25, -0.2) is 4.98 Å². The van der Waals surface area contributed by atoms with Crippen LogP contribution in [-0.2, 0) is 6.54 Å². The van der Waals surface area contributed by atoms with Gasteiger partial charge in [-0.05, 0) is 28.1 Å². The first kappa shape index (κ1) is 10.9. The number of aromatic nitrogens is 2. The van der Waals surface area contributed by atoms with E-state index in [1.165, 1.54) is 8.66 Å². The fourth-order valence-electron chi connectivity index (χ4n) is 1.56. The minimum atomic E-state index is 0.475. The summed E-state index contributed by atoms with van der Waals surface area (Å²) in [7, 11) is 0. The lowest BCUT2D eigenvalue weighted by molar-refractivity contribution is 0.674. The summed E-state index contributed by atoms with van der Waals surface area (Å²) in [6, 6.07) is 4.24. The molecule has 0 N–H and O–H groups in total. The molecular weight excluding hydrogens is 272 g/mol. The summed E-state index contributed by atoms with van der Waals surface area (Å²) < 4.78 is 3.40. The van der Waals surface area contributed by atoms with Crippen molar-refractivity contribution in [2.45, 2.75) is 26.3 Å². The molecule has 0 saturated carbocycles. The van der Waals surface area contributed by atoms with Crippen LogP contribution in [0, 0.1) is 0 Å². The molecule has 80 valence electrons. The fourth-order valence-corrected chi connectivity index (χ4v) is 3.04. The number of halogens is 1. The van der Waals surface area contributed by atoms with Crippen LogP contribution in [0.4, 0.5) is 0 Å². The molecule has 2 heterocycles. The quantitative estimate of drug-likeness (QED) is 0.836. The Balaban J connectivity index is 2.20. The number of hydrogen-bond donors (Lipinski definition) is 0. The number of hydrogen-bond acceptors (Lipinski definition) is 2. The number of imidazole rings is 1. The fraction of sp³-hybridized carbons (Fsp3) is 0.364.